The highest BCUT2D eigenvalue weighted by molar-refractivity contribution is 5.67. The lowest BCUT2D eigenvalue weighted by molar-refractivity contribution is 0.632. The van der Waals surface area contributed by atoms with Gasteiger partial charge in [-0.2, -0.15) is 0 Å². The zero-order chi connectivity index (χ0) is 13.8. The normalized spacial score (nSPS) is 10.5. The molecule has 0 amide bonds. The number of para-hydroxylation sites is 1. The van der Waals surface area contributed by atoms with E-state index in [4.69, 9.17) is 5.73 Å². The van der Waals surface area contributed by atoms with Crippen molar-refractivity contribution in [2.45, 2.75) is 19.9 Å². The van der Waals surface area contributed by atoms with Gasteiger partial charge in [0.15, 0.2) is 0 Å². The van der Waals surface area contributed by atoms with Crippen LogP contribution in [0.5, 0.6) is 0 Å². The molecule has 0 aliphatic heterocycles. The zero-order valence-corrected chi connectivity index (χ0v) is 11.4. The number of nitrogens with zero attached hydrogens (tertiary/aromatic N) is 1. The summed E-state index contributed by atoms with van der Waals surface area (Å²) >= 11 is 0. The second-order valence-corrected chi connectivity index (χ2v) is 4.70. The van der Waals surface area contributed by atoms with E-state index in [0.717, 1.165) is 12.1 Å². The van der Waals surface area contributed by atoms with Gasteiger partial charge in [0.2, 0.25) is 0 Å². The van der Waals surface area contributed by atoms with Crippen LogP contribution in [0.25, 0.3) is 0 Å². The molecule has 2 nitrogen and oxygen atoms in total. The molecule has 3 heteroatoms. The fourth-order valence-electron chi connectivity index (χ4n) is 2.10. The van der Waals surface area contributed by atoms with Crippen LogP contribution in [0.15, 0.2) is 42.5 Å². The van der Waals surface area contributed by atoms with Crippen LogP contribution in [0.2, 0.25) is 0 Å². The first-order valence-corrected chi connectivity index (χ1v) is 6.44. The molecule has 2 aromatic rings. The molecule has 2 rings (SSSR count). The average Bonchev–Trinajstić information content (AvgIpc) is 2.42. The summed E-state index contributed by atoms with van der Waals surface area (Å²) in [4.78, 5) is 1.96. The minimum Gasteiger partial charge on any atom is -0.395 e. The van der Waals surface area contributed by atoms with Crippen LogP contribution in [0.3, 0.4) is 0 Å². The Morgan fingerprint density at radius 3 is 2.32 bits per heavy atom. The van der Waals surface area contributed by atoms with Gasteiger partial charge in [0, 0.05) is 13.6 Å². The molecule has 0 heterocycles. The minimum atomic E-state index is -0.370. The molecule has 19 heavy (non-hydrogen) atoms. The quantitative estimate of drug-likeness (QED) is 0.849. The van der Waals surface area contributed by atoms with Gasteiger partial charge in [-0.3, -0.25) is 0 Å². The van der Waals surface area contributed by atoms with Crippen LogP contribution in [-0.4, -0.2) is 7.05 Å². The molecule has 0 radical (unpaired) electrons. The number of hydrogen-bond acceptors (Lipinski definition) is 2. The summed E-state index contributed by atoms with van der Waals surface area (Å²) in [5.74, 6) is -0.370. The van der Waals surface area contributed by atoms with Crippen molar-refractivity contribution in [1.82, 2.24) is 0 Å². The molecule has 0 spiro atoms. The first-order valence-electron chi connectivity index (χ1n) is 6.44. The van der Waals surface area contributed by atoms with E-state index in [1.807, 2.05) is 18.0 Å². The number of rotatable bonds is 4. The Bertz CT molecular complexity index is 549. The summed E-state index contributed by atoms with van der Waals surface area (Å²) in [6.07, 6.45) is 1.03. The van der Waals surface area contributed by atoms with Gasteiger partial charge in [-0.1, -0.05) is 37.3 Å². The maximum atomic E-state index is 13.4. The first kappa shape index (κ1) is 13.4. The van der Waals surface area contributed by atoms with Crippen LogP contribution < -0.4 is 10.6 Å². The Balaban J connectivity index is 2.15. The van der Waals surface area contributed by atoms with E-state index in [-0.39, 0.29) is 11.5 Å². The number of nitrogens with two attached hydrogens (primary N) is 1. The van der Waals surface area contributed by atoms with Gasteiger partial charge >= 0.3 is 0 Å². The number of nitrogen functional groups attached to an aromatic ring is 1. The summed E-state index contributed by atoms with van der Waals surface area (Å²) < 4.78 is 13.4. The first-order chi connectivity index (χ1) is 9.11. The van der Waals surface area contributed by atoms with Crippen molar-refractivity contribution in [3.63, 3.8) is 0 Å². The SMILES string of the molecule is CCc1ccc(CN(C)c2cccc(F)c2N)cc1. The maximum Gasteiger partial charge on any atom is 0.148 e. The Morgan fingerprint density at radius 1 is 1.05 bits per heavy atom. The van der Waals surface area contributed by atoms with E-state index >= 15 is 0 Å². The van der Waals surface area contributed by atoms with Crippen molar-refractivity contribution in [3.8, 4) is 0 Å². The third-order valence-corrected chi connectivity index (χ3v) is 3.29. The van der Waals surface area contributed by atoms with Crippen molar-refractivity contribution in [3.05, 3.63) is 59.4 Å². The van der Waals surface area contributed by atoms with Crippen molar-refractivity contribution in [2.75, 3.05) is 17.7 Å². The largest absolute Gasteiger partial charge is 0.395 e. The molecule has 0 unspecified atom stereocenters. The van der Waals surface area contributed by atoms with Crippen molar-refractivity contribution in [2.24, 2.45) is 0 Å². The van der Waals surface area contributed by atoms with Gasteiger partial charge in [-0.05, 0) is 29.7 Å². The number of benzene rings is 2. The molecule has 0 aromatic heterocycles. The minimum absolute atomic E-state index is 0.204. The summed E-state index contributed by atoms with van der Waals surface area (Å²) in [5, 5.41) is 0. The van der Waals surface area contributed by atoms with E-state index < -0.39 is 0 Å². The predicted octanol–water partition coefficient (Wildman–Crippen LogP) is 3.61. The van der Waals surface area contributed by atoms with E-state index in [2.05, 4.69) is 31.2 Å². The van der Waals surface area contributed by atoms with Gasteiger partial charge in [-0.25, -0.2) is 4.39 Å². The van der Waals surface area contributed by atoms with Crippen LogP contribution in [0.1, 0.15) is 18.1 Å². The fraction of sp³-hybridized carbons (Fsp3) is 0.250. The third-order valence-electron chi connectivity index (χ3n) is 3.29. The molecule has 0 aliphatic rings. The molecule has 0 aliphatic carbocycles. The molecule has 0 fully saturated rings. The summed E-state index contributed by atoms with van der Waals surface area (Å²) in [5.41, 5.74) is 9.19. The van der Waals surface area contributed by atoms with Crippen LogP contribution in [0, 0.1) is 5.82 Å². The van der Waals surface area contributed by atoms with Crippen molar-refractivity contribution >= 4 is 11.4 Å². The highest BCUT2D eigenvalue weighted by Crippen LogP contribution is 2.25. The molecule has 0 atom stereocenters. The smallest absolute Gasteiger partial charge is 0.148 e. The summed E-state index contributed by atoms with van der Waals surface area (Å²) in [6.45, 7) is 2.84. The summed E-state index contributed by atoms with van der Waals surface area (Å²) in [7, 11) is 1.92. The van der Waals surface area contributed by atoms with Gasteiger partial charge in [0.05, 0.1) is 11.4 Å². The molecule has 0 bridgehead atoms. The lowest BCUT2D eigenvalue weighted by Crippen LogP contribution is -2.18. The predicted molar refractivity (Wildman–Crippen MR) is 78.7 cm³/mol. The second kappa shape index (κ2) is 5.74. The van der Waals surface area contributed by atoms with Crippen molar-refractivity contribution < 1.29 is 4.39 Å². The molecule has 0 saturated heterocycles. The lowest BCUT2D eigenvalue weighted by atomic mass is 10.1. The lowest BCUT2D eigenvalue weighted by Gasteiger charge is -2.21. The molecule has 2 N–H and O–H groups in total. The molecule has 100 valence electrons. The van der Waals surface area contributed by atoms with E-state index in [1.54, 1.807) is 6.07 Å². The van der Waals surface area contributed by atoms with Gasteiger partial charge < -0.3 is 10.6 Å². The molecule has 2 aromatic carbocycles. The third kappa shape index (κ3) is 3.05. The van der Waals surface area contributed by atoms with Gasteiger partial charge in [0.1, 0.15) is 5.82 Å². The zero-order valence-electron chi connectivity index (χ0n) is 11.4. The van der Waals surface area contributed by atoms with Gasteiger partial charge in [-0.15, -0.1) is 0 Å². The number of halogens is 1. The molecule has 0 saturated carbocycles. The number of anilines is 2. The Morgan fingerprint density at radius 2 is 1.68 bits per heavy atom. The monoisotopic (exact) mass is 258 g/mol. The molecular weight excluding hydrogens is 239 g/mol. The summed E-state index contributed by atoms with van der Waals surface area (Å²) in [6, 6.07) is 13.3. The molecular formula is C16H19FN2. The Labute approximate surface area is 113 Å². The van der Waals surface area contributed by atoms with E-state index in [9.17, 15) is 4.39 Å². The van der Waals surface area contributed by atoms with Crippen LogP contribution in [-0.2, 0) is 13.0 Å². The topological polar surface area (TPSA) is 29.3 Å². The van der Waals surface area contributed by atoms with Crippen molar-refractivity contribution in [1.29, 1.82) is 0 Å². The maximum absolute atomic E-state index is 13.4. The average molecular weight is 258 g/mol. The standard InChI is InChI=1S/C16H19FN2/c1-3-12-7-9-13(10-8-12)11-19(2)15-6-4-5-14(17)16(15)18/h4-10H,3,11,18H2,1-2H3. The second-order valence-electron chi connectivity index (χ2n) is 4.70. The Hall–Kier alpha value is -2.03. The number of hydrogen-bond donors (Lipinski definition) is 1. The Kier molecular flexibility index (Phi) is 4.05. The van der Waals surface area contributed by atoms with Crippen LogP contribution >= 0.6 is 0 Å². The number of aryl methyl sites for hydroxylation is 1. The van der Waals surface area contributed by atoms with E-state index in [1.165, 1.54) is 17.2 Å². The highest BCUT2D eigenvalue weighted by Gasteiger charge is 2.09. The highest BCUT2D eigenvalue weighted by atomic mass is 19.1. The van der Waals surface area contributed by atoms with Gasteiger partial charge in [0.25, 0.3) is 0 Å². The fourth-order valence-corrected chi connectivity index (χ4v) is 2.10. The van der Waals surface area contributed by atoms with Crippen LogP contribution in [0.4, 0.5) is 15.8 Å². The van der Waals surface area contributed by atoms with E-state index in [0.29, 0.717) is 6.54 Å².